The Hall–Kier alpha value is -2.80. The summed E-state index contributed by atoms with van der Waals surface area (Å²) in [6, 6.07) is 0.703. The molecule has 1 heterocycles. The Labute approximate surface area is 262 Å². The molecule has 0 radical (unpaired) electrons. The molecule has 7 atom stereocenters. The van der Waals surface area contributed by atoms with Crippen LogP contribution in [-0.4, -0.2) is 87.3 Å². The highest BCUT2D eigenvalue weighted by Crippen LogP contribution is 2.41. The average Bonchev–Trinajstić information content (AvgIpc) is 3.33. The van der Waals surface area contributed by atoms with Crippen LogP contribution >= 0.6 is 23.2 Å². The summed E-state index contributed by atoms with van der Waals surface area (Å²) < 4.78 is 0. The van der Waals surface area contributed by atoms with Crippen molar-refractivity contribution < 1.29 is 29.7 Å². The summed E-state index contributed by atoms with van der Waals surface area (Å²) >= 11 is 12.0. The van der Waals surface area contributed by atoms with E-state index < -0.39 is 36.1 Å². The first-order valence-corrected chi connectivity index (χ1v) is 15.6. The smallest absolute Gasteiger partial charge is 0.249 e. The molecule has 1 saturated heterocycles. The van der Waals surface area contributed by atoms with Gasteiger partial charge in [-0.25, -0.2) is 0 Å². The standard InChI is InChI=1S/C29H44Cl2N6O6/c1-3-15(2)24(36-27(42)23(39)12-16-10-19(30)25(40)20(31)11-16)28(43)37-21-14-18(38)7-6-17(21)13-22(37)26(41)34-8-4-5-9-35-29(32)33/h10-11,15,17-18,21-24,38-40H,3-9,12-14H2,1-2H3,(H,34,41)(H,36,42)(H4,32,33,35)/t15-,17-,18+,21-,22-,23-,24+/m0/s1. The Morgan fingerprint density at radius 3 is 2.44 bits per heavy atom. The van der Waals surface area contributed by atoms with Gasteiger partial charge in [0.05, 0.1) is 16.1 Å². The van der Waals surface area contributed by atoms with E-state index in [0.29, 0.717) is 63.6 Å². The molecule has 2 aliphatic rings. The zero-order valence-corrected chi connectivity index (χ0v) is 26.2. The number of fused-ring (bicyclic) bond motifs is 1. The predicted molar refractivity (Wildman–Crippen MR) is 165 cm³/mol. The highest BCUT2D eigenvalue weighted by atomic mass is 35.5. The maximum Gasteiger partial charge on any atom is 0.249 e. The lowest BCUT2D eigenvalue weighted by atomic mass is 9.83. The molecule has 3 amide bonds. The zero-order chi connectivity index (χ0) is 31.8. The van der Waals surface area contributed by atoms with E-state index in [1.165, 1.54) is 12.1 Å². The molecular weight excluding hydrogens is 599 g/mol. The first-order valence-electron chi connectivity index (χ1n) is 14.8. The fourth-order valence-corrected chi connectivity index (χ4v) is 6.44. The van der Waals surface area contributed by atoms with Crippen LogP contribution in [0.4, 0.5) is 0 Å². The van der Waals surface area contributed by atoms with Crippen LogP contribution in [0.5, 0.6) is 5.75 Å². The largest absolute Gasteiger partial charge is 0.505 e. The number of unbranched alkanes of at least 4 members (excludes halogenated alkanes) is 1. The Kier molecular flexibility index (Phi) is 12.7. The summed E-state index contributed by atoms with van der Waals surface area (Å²) in [5.41, 5.74) is 11.1. The van der Waals surface area contributed by atoms with Crippen LogP contribution in [-0.2, 0) is 20.8 Å². The Morgan fingerprint density at radius 2 is 1.81 bits per heavy atom. The van der Waals surface area contributed by atoms with E-state index in [1.807, 2.05) is 13.8 Å². The van der Waals surface area contributed by atoms with Gasteiger partial charge in [0.15, 0.2) is 11.7 Å². The molecule has 9 N–H and O–H groups in total. The van der Waals surface area contributed by atoms with Gasteiger partial charge in [-0.2, -0.15) is 0 Å². The van der Waals surface area contributed by atoms with Crippen molar-refractivity contribution in [1.29, 1.82) is 0 Å². The minimum atomic E-state index is -1.53. The van der Waals surface area contributed by atoms with Crippen LogP contribution in [0, 0.1) is 11.8 Å². The van der Waals surface area contributed by atoms with Crippen LogP contribution < -0.4 is 22.1 Å². The number of aliphatic imine (C=N–C) groups is 1. The van der Waals surface area contributed by atoms with Gasteiger partial charge in [-0.05, 0) is 68.1 Å². The van der Waals surface area contributed by atoms with E-state index in [-0.39, 0.29) is 52.0 Å². The summed E-state index contributed by atoms with van der Waals surface area (Å²) in [7, 11) is 0. The van der Waals surface area contributed by atoms with Gasteiger partial charge in [0.25, 0.3) is 0 Å². The van der Waals surface area contributed by atoms with E-state index in [0.717, 1.165) is 0 Å². The van der Waals surface area contributed by atoms with Gasteiger partial charge in [-0.15, -0.1) is 0 Å². The van der Waals surface area contributed by atoms with Crippen molar-refractivity contribution in [2.45, 2.75) is 95.5 Å². The van der Waals surface area contributed by atoms with Gasteiger partial charge in [0, 0.05) is 25.6 Å². The van der Waals surface area contributed by atoms with Crippen LogP contribution in [0.25, 0.3) is 0 Å². The molecule has 2 fully saturated rings. The second-order valence-electron chi connectivity index (χ2n) is 11.6. The maximum atomic E-state index is 14.2. The quantitative estimate of drug-likeness (QED) is 0.0950. The summed E-state index contributed by atoms with van der Waals surface area (Å²) in [4.78, 5) is 46.3. The number of likely N-dealkylation sites (tertiary alicyclic amines) is 1. The SMILES string of the molecule is CC[C@H](C)[C@@H](NC(=O)[C@@H](O)Cc1cc(Cl)c(O)c(Cl)c1)C(=O)N1[C@H](C(=O)NCCCCN=C(N)N)C[C@@H]2CC[C@@H](O)C[C@@H]21. The lowest BCUT2D eigenvalue weighted by molar-refractivity contribution is -0.146. The number of hydrogen-bond donors (Lipinski definition) is 7. The van der Waals surface area contributed by atoms with Gasteiger partial charge in [-0.3, -0.25) is 19.4 Å². The number of hydrogen-bond acceptors (Lipinski definition) is 7. The Morgan fingerprint density at radius 1 is 1.14 bits per heavy atom. The third kappa shape index (κ3) is 9.10. The molecule has 0 unspecified atom stereocenters. The number of nitrogens with two attached hydrogens (primary N) is 2. The fraction of sp³-hybridized carbons (Fsp3) is 0.655. The number of phenols is 1. The minimum absolute atomic E-state index is 0.0126. The topological polar surface area (TPSA) is 204 Å². The van der Waals surface area contributed by atoms with Crippen molar-refractivity contribution in [2.75, 3.05) is 13.1 Å². The molecule has 1 saturated carbocycles. The van der Waals surface area contributed by atoms with Crippen LogP contribution in [0.1, 0.15) is 64.4 Å². The molecule has 43 heavy (non-hydrogen) atoms. The monoisotopic (exact) mass is 642 g/mol. The van der Waals surface area contributed by atoms with Crippen molar-refractivity contribution in [2.24, 2.45) is 28.3 Å². The third-order valence-electron chi connectivity index (χ3n) is 8.47. The van der Waals surface area contributed by atoms with Crippen molar-refractivity contribution in [1.82, 2.24) is 15.5 Å². The Balaban J connectivity index is 1.76. The van der Waals surface area contributed by atoms with E-state index >= 15 is 0 Å². The van der Waals surface area contributed by atoms with Gasteiger partial charge in [0.2, 0.25) is 17.7 Å². The number of aliphatic hydroxyl groups excluding tert-OH is 2. The van der Waals surface area contributed by atoms with E-state index in [9.17, 15) is 29.7 Å². The molecule has 12 nitrogen and oxygen atoms in total. The van der Waals surface area contributed by atoms with Crippen LogP contribution in [0.15, 0.2) is 17.1 Å². The number of nitrogens with zero attached hydrogens (tertiary/aromatic N) is 2. The van der Waals surface area contributed by atoms with Gasteiger partial charge < -0.3 is 42.3 Å². The summed E-state index contributed by atoms with van der Waals surface area (Å²) in [5, 5.41) is 36.6. The molecule has 1 aliphatic carbocycles. The van der Waals surface area contributed by atoms with Gasteiger partial charge >= 0.3 is 0 Å². The molecule has 0 bridgehead atoms. The van der Waals surface area contributed by atoms with E-state index in [1.54, 1.807) is 4.90 Å². The third-order valence-corrected chi connectivity index (χ3v) is 9.04. The molecule has 0 aromatic heterocycles. The highest BCUT2D eigenvalue weighted by molar-refractivity contribution is 6.37. The van der Waals surface area contributed by atoms with Crippen LogP contribution in [0.2, 0.25) is 10.0 Å². The van der Waals surface area contributed by atoms with Gasteiger partial charge in [-0.1, -0.05) is 43.5 Å². The van der Waals surface area contributed by atoms with Crippen molar-refractivity contribution in [3.63, 3.8) is 0 Å². The summed E-state index contributed by atoms with van der Waals surface area (Å²) in [6.07, 6.45) is 1.72. The van der Waals surface area contributed by atoms with E-state index in [2.05, 4.69) is 15.6 Å². The molecule has 0 spiro atoms. The second-order valence-corrected chi connectivity index (χ2v) is 12.4. The predicted octanol–water partition coefficient (Wildman–Crippen LogP) is 1.43. The number of amides is 3. The normalized spacial score (nSPS) is 23.5. The average molecular weight is 644 g/mol. The molecular formula is C29H44Cl2N6O6. The first-order chi connectivity index (χ1) is 20.3. The highest BCUT2D eigenvalue weighted by Gasteiger charge is 2.50. The maximum absolute atomic E-state index is 14.2. The van der Waals surface area contributed by atoms with Crippen molar-refractivity contribution >= 4 is 46.9 Å². The second kappa shape index (κ2) is 15.8. The number of aliphatic hydroxyl groups is 2. The number of nitrogens with one attached hydrogen (secondary N) is 2. The molecule has 3 rings (SSSR count). The van der Waals surface area contributed by atoms with Crippen molar-refractivity contribution in [3.8, 4) is 5.75 Å². The lowest BCUT2D eigenvalue weighted by Gasteiger charge is -2.38. The summed E-state index contributed by atoms with van der Waals surface area (Å²) in [5.74, 6) is -2.01. The number of phenolic OH excluding ortho intramolecular Hbond substituents is 1. The van der Waals surface area contributed by atoms with E-state index in [4.69, 9.17) is 34.7 Å². The molecule has 1 aromatic rings. The number of rotatable bonds is 13. The molecule has 1 aromatic carbocycles. The summed E-state index contributed by atoms with van der Waals surface area (Å²) in [6.45, 7) is 4.54. The fourth-order valence-electron chi connectivity index (χ4n) is 5.90. The zero-order valence-electron chi connectivity index (χ0n) is 24.6. The Bertz CT molecular complexity index is 1160. The van der Waals surface area contributed by atoms with Crippen molar-refractivity contribution in [3.05, 3.63) is 27.7 Å². The molecule has 240 valence electrons. The number of benzene rings is 1. The lowest BCUT2D eigenvalue weighted by Crippen LogP contribution is -2.59. The number of carbonyl (C=O) groups is 3. The number of aromatic hydroxyl groups is 1. The number of carbonyl (C=O) groups excluding carboxylic acids is 3. The number of halogens is 2. The van der Waals surface area contributed by atoms with Gasteiger partial charge in [0.1, 0.15) is 18.2 Å². The van der Waals surface area contributed by atoms with Crippen LogP contribution in [0.3, 0.4) is 0 Å². The number of guanidine groups is 1. The minimum Gasteiger partial charge on any atom is -0.505 e. The first kappa shape index (κ1) is 34.7. The molecule has 1 aliphatic heterocycles. The molecule has 14 heteroatoms.